The number of carbonyl (C=O) groups is 1. The lowest BCUT2D eigenvalue weighted by Crippen LogP contribution is -2.63. The van der Waals surface area contributed by atoms with Gasteiger partial charge in [0, 0.05) is 13.1 Å². The van der Waals surface area contributed by atoms with Gasteiger partial charge in [0.15, 0.2) is 0 Å². The zero-order valence-electron chi connectivity index (χ0n) is 13.2. The molecule has 23 heavy (non-hydrogen) atoms. The third kappa shape index (κ3) is 3.28. The summed E-state index contributed by atoms with van der Waals surface area (Å²) in [6.07, 6.45) is 2.78. The second-order valence-corrected chi connectivity index (χ2v) is 6.19. The number of nitrogens with one attached hydrogen (secondary N) is 1. The highest BCUT2D eigenvalue weighted by atomic mass is 16.2. The molecule has 3 rings (SSSR count). The van der Waals surface area contributed by atoms with Gasteiger partial charge in [-0.1, -0.05) is 60.7 Å². The zero-order valence-corrected chi connectivity index (χ0v) is 13.2. The number of hydrogen-bond donors (Lipinski definition) is 2. The Hall–Kier alpha value is -2.17. The average Bonchev–Trinajstić information content (AvgIpc) is 2.55. The molecule has 1 amide bonds. The number of carbonyl (C=O) groups excluding carboxylic acids is 1. The first-order valence-corrected chi connectivity index (χ1v) is 8.08. The molecule has 2 aromatic carbocycles. The number of nitrogens with zero attached hydrogens (tertiary/aromatic N) is 1. The molecule has 0 spiro atoms. The van der Waals surface area contributed by atoms with Gasteiger partial charge in [-0.2, -0.15) is 0 Å². The first kappa shape index (κ1) is 15.7. The molecule has 1 aliphatic carbocycles. The van der Waals surface area contributed by atoms with Crippen LogP contribution in [-0.2, 0) is 17.9 Å². The van der Waals surface area contributed by atoms with E-state index in [9.17, 15) is 4.79 Å². The van der Waals surface area contributed by atoms with E-state index in [-0.39, 0.29) is 5.91 Å². The van der Waals surface area contributed by atoms with Crippen LogP contribution in [0.3, 0.4) is 0 Å². The Labute approximate surface area is 137 Å². The molecule has 0 heterocycles. The van der Waals surface area contributed by atoms with E-state index >= 15 is 0 Å². The molecule has 120 valence electrons. The molecule has 4 nitrogen and oxygen atoms in total. The van der Waals surface area contributed by atoms with Crippen molar-refractivity contribution in [1.29, 1.82) is 0 Å². The van der Waals surface area contributed by atoms with Crippen molar-refractivity contribution in [2.45, 2.75) is 37.9 Å². The quantitative estimate of drug-likeness (QED) is 0.490. The van der Waals surface area contributed by atoms with E-state index < -0.39 is 5.54 Å². The van der Waals surface area contributed by atoms with Crippen molar-refractivity contribution in [2.75, 3.05) is 0 Å². The summed E-state index contributed by atoms with van der Waals surface area (Å²) in [4.78, 5) is 14.7. The van der Waals surface area contributed by atoms with Gasteiger partial charge in [0.05, 0.1) is 0 Å². The summed E-state index contributed by atoms with van der Waals surface area (Å²) >= 11 is 0. The number of hydrazine groups is 1. The van der Waals surface area contributed by atoms with Crippen LogP contribution >= 0.6 is 0 Å². The van der Waals surface area contributed by atoms with E-state index in [0.29, 0.717) is 0 Å². The van der Waals surface area contributed by atoms with E-state index in [1.165, 1.54) is 11.1 Å². The Kier molecular flexibility index (Phi) is 4.74. The van der Waals surface area contributed by atoms with E-state index in [4.69, 9.17) is 5.84 Å². The Morgan fingerprint density at radius 1 is 0.957 bits per heavy atom. The summed E-state index contributed by atoms with van der Waals surface area (Å²) in [6, 6.07) is 20.6. The van der Waals surface area contributed by atoms with Gasteiger partial charge in [0.1, 0.15) is 5.54 Å². The van der Waals surface area contributed by atoms with Crippen molar-refractivity contribution in [3.63, 3.8) is 0 Å². The molecule has 4 heteroatoms. The van der Waals surface area contributed by atoms with Gasteiger partial charge < -0.3 is 0 Å². The highest BCUT2D eigenvalue weighted by molar-refractivity contribution is 5.86. The molecule has 0 aromatic heterocycles. The molecule has 3 N–H and O–H groups in total. The van der Waals surface area contributed by atoms with E-state index in [1.807, 2.05) is 36.4 Å². The third-order valence-corrected chi connectivity index (χ3v) is 4.77. The molecule has 1 aliphatic rings. The van der Waals surface area contributed by atoms with Crippen LogP contribution < -0.4 is 11.3 Å². The molecule has 2 aromatic rings. The normalized spacial score (nSPS) is 15.9. The summed E-state index contributed by atoms with van der Waals surface area (Å²) in [6.45, 7) is 1.48. The maximum absolute atomic E-state index is 12.5. The summed E-state index contributed by atoms with van der Waals surface area (Å²) in [7, 11) is 0. The van der Waals surface area contributed by atoms with E-state index in [1.54, 1.807) is 0 Å². The monoisotopic (exact) mass is 309 g/mol. The number of hydrogen-bond acceptors (Lipinski definition) is 3. The van der Waals surface area contributed by atoms with Gasteiger partial charge in [-0.3, -0.25) is 15.1 Å². The average molecular weight is 309 g/mol. The van der Waals surface area contributed by atoms with Crippen LogP contribution in [0.1, 0.15) is 30.4 Å². The lowest BCUT2D eigenvalue weighted by atomic mass is 9.74. The molecule has 0 radical (unpaired) electrons. The molecule has 0 aliphatic heterocycles. The minimum absolute atomic E-state index is 0.0735. The van der Waals surface area contributed by atoms with E-state index in [2.05, 4.69) is 34.6 Å². The largest absolute Gasteiger partial charge is 0.293 e. The maximum atomic E-state index is 12.5. The predicted octanol–water partition coefficient (Wildman–Crippen LogP) is 2.60. The van der Waals surface area contributed by atoms with Crippen LogP contribution in [0.4, 0.5) is 0 Å². The molecular formula is C19H23N3O. The Balaban J connectivity index is 1.88. The lowest BCUT2D eigenvalue weighted by Gasteiger charge is -2.48. The fourth-order valence-electron chi connectivity index (χ4n) is 3.30. The number of benzene rings is 2. The summed E-state index contributed by atoms with van der Waals surface area (Å²) in [5.74, 6) is 5.39. The van der Waals surface area contributed by atoms with Gasteiger partial charge in [0.25, 0.3) is 5.91 Å². The zero-order chi connectivity index (χ0) is 16.1. The first-order chi connectivity index (χ1) is 11.2. The van der Waals surface area contributed by atoms with Gasteiger partial charge in [-0.05, 0) is 30.4 Å². The maximum Gasteiger partial charge on any atom is 0.254 e. The number of rotatable bonds is 6. The Morgan fingerprint density at radius 3 is 1.78 bits per heavy atom. The molecule has 1 fully saturated rings. The van der Waals surface area contributed by atoms with Crippen LogP contribution in [0.15, 0.2) is 60.7 Å². The molecule has 0 saturated heterocycles. The van der Waals surface area contributed by atoms with Crippen molar-refractivity contribution in [2.24, 2.45) is 5.84 Å². The topological polar surface area (TPSA) is 58.4 Å². The highest BCUT2D eigenvalue weighted by Gasteiger charge is 2.48. The van der Waals surface area contributed by atoms with Crippen LogP contribution in [0.5, 0.6) is 0 Å². The predicted molar refractivity (Wildman–Crippen MR) is 91.0 cm³/mol. The Bertz CT molecular complexity index is 597. The standard InChI is InChI=1S/C19H23N3O/c20-21-18(23)19(12-7-13-19)22(14-16-8-3-1-4-9-16)15-17-10-5-2-6-11-17/h1-6,8-11H,7,12-15,20H2,(H,21,23). The van der Waals surface area contributed by atoms with Crippen LogP contribution in [0.2, 0.25) is 0 Å². The minimum Gasteiger partial charge on any atom is -0.293 e. The van der Waals surface area contributed by atoms with Crippen molar-refractivity contribution in [3.8, 4) is 0 Å². The fourth-order valence-corrected chi connectivity index (χ4v) is 3.30. The Morgan fingerprint density at radius 2 is 1.43 bits per heavy atom. The van der Waals surface area contributed by atoms with E-state index in [0.717, 1.165) is 32.4 Å². The molecule has 0 bridgehead atoms. The summed E-state index contributed by atoms with van der Waals surface area (Å²) in [5.41, 5.74) is 4.31. The molecule has 1 saturated carbocycles. The summed E-state index contributed by atoms with van der Waals surface area (Å²) < 4.78 is 0. The second-order valence-electron chi connectivity index (χ2n) is 6.19. The van der Waals surface area contributed by atoms with Crippen LogP contribution in [0, 0.1) is 0 Å². The smallest absolute Gasteiger partial charge is 0.254 e. The molecule has 0 atom stereocenters. The second kappa shape index (κ2) is 6.94. The molecular weight excluding hydrogens is 286 g/mol. The fraction of sp³-hybridized carbons (Fsp3) is 0.316. The third-order valence-electron chi connectivity index (χ3n) is 4.77. The number of nitrogens with two attached hydrogens (primary N) is 1. The van der Waals surface area contributed by atoms with Crippen molar-refractivity contribution in [1.82, 2.24) is 10.3 Å². The van der Waals surface area contributed by atoms with Crippen LogP contribution in [-0.4, -0.2) is 16.3 Å². The lowest BCUT2D eigenvalue weighted by molar-refractivity contribution is -0.141. The number of amides is 1. The highest BCUT2D eigenvalue weighted by Crippen LogP contribution is 2.39. The van der Waals surface area contributed by atoms with Gasteiger partial charge in [0.2, 0.25) is 0 Å². The first-order valence-electron chi connectivity index (χ1n) is 8.08. The van der Waals surface area contributed by atoms with Crippen molar-refractivity contribution < 1.29 is 4.79 Å². The SMILES string of the molecule is NNC(=O)C1(N(Cc2ccccc2)Cc2ccccc2)CCC1. The summed E-state index contributed by atoms with van der Waals surface area (Å²) in [5, 5.41) is 0. The van der Waals surface area contributed by atoms with Gasteiger partial charge in [-0.25, -0.2) is 5.84 Å². The van der Waals surface area contributed by atoms with Crippen LogP contribution in [0.25, 0.3) is 0 Å². The van der Waals surface area contributed by atoms with Gasteiger partial charge >= 0.3 is 0 Å². The molecule has 0 unspecified atom stereocenters. The van der Waals surface area contributed by atoms with Gasteiger partial charge in [-0.15, -0.1) is 0 Å². The van der Waals surface area contributed by atoms with Crippen molar-refractivity contribution >= 4 is 5.91 Å². The van der Waals surface area contributed by atoms with Crippen molar-refractivity contribution in [3.05, 3.63) is 71.8 Å². The minimum atomic E-state index is -0.486.